The molecule has 0 spiro atoms. The van der Waals surface area contributed by atoms with Crippen LogP contribution >= 0.6 is 0 Å². The van der Waals surface area contributed by atoms with Crippen molar-refractivity contribution in [3.05, 3.63) is 82.7 Å². The maximum absolute atomic E-state index is 10.4. The minimum absolute atomic E-state index is 0.382. The van der Waals surface area contributed by atoms with Crippen LogP contribution in [0.1, 0.15) is 38.7 Å². The van der Waals surface area contributed by atoms with Crippen LogP contribution in [-0.4, -0.2) is 19.3 Å². The van der Waals surface area contributed by atoms with Crippen molar-refractivity contribution < 1.29 is 5.11 Å². The van der Waals surface area contributed by atoms with Gasteiger partial charge in [-0.05, 0) is 42.0 Å². The van der Waals surface area contributed by atoms with Gasteiger partial charge in [0.2, 0.25) is 0 Å². The lowest BCUT2D eigenvalue weighted by Gasteiger charge is -2.26. The normalized spacial score (nSPS) is 12.3. The monoisotopic (exact) mass is 364 g/mol. The molecule has 0 radical (unpaired) electrons. The minimum Gasteiger partial charge on any atom is -0.388 e. The Bertz CT molecular complexity index is 740. The summed E-state index contributed by atoms with van der Waals surface area (Å²) in [5, 5.41) is 13.2. The molecule has 0 aromatic heterocycles. The summed E-state index contributed by atoms with van der Waals surface area (Å²) in [6.07, 6.45) is 3.23. The molecule has 1 nitrogen and oxygen atoms in total. The Kier molecular flexibility index (Phi) is 7.65. The quantitative estimate of drug-likeness (QED) is 0.491. The average Bonchev–Trinajstić information content (AvgIpc) is 2.69. The second kappa shape index (κ2) is 9.73. The summed E-state index contributed by atoms with van der Waals surface area (Å²) >= 11 is 0. The molecule has 0 aliphatic heterocycles. The van der Waals surface area contributed by atoms with Gasteiger partial charge in [-0.3, -0.25) is 0 Å². The molecule has 0 heterocycles. The summed E-state index contributed by atoms with van der Waals surface area (Å²) in [4.78, 5) is 0. The Morgan fingerprint density at radius 2 is 1.54 bits per heavy atom. The van der Waals surface area contributed by atoms with Crippen molar-refractivity contribution >= 4 is 13.3 Å². The maximum Gasteiger partial charge on any atom is 0.116 e. The standard InChI is InChI=1S/C24H32OSi/c1-5-21(24(25)6-2)19-23(18-17-20-13-9-7-10-14-20)26(3,4)22-15-11-8-12-16-22/h7-16,24-25H,5-6,17-18H2,1-4H3. The van der Waals surface area contributed by atoms with Crippen molar-refractivity contribution in [1.29, 1.82) is 0 Å². The fourth-order valence-corrected chi connectivity index (χ4v) is 5.92. The lowest BCUT2D eigenvalue weighted by atomic mass is 10.1. The molecule has 0 fully saturated rings. The Balaban J connectivity index is 2.45. The smallest absolute Gasteiger partial charge is 0.116 e. The number of hydrogen-bond acceptors (Lipinski definition) is 1. The van der Waals surface area contributed by atoms with Gasteiger partial charge in [0.15, 0.2) is 0 Å². The molecule has 1 N–H and O–H groups in total. The molecular weight excluding hydrogens is 332 g/mol. The second-order valence-electron chi connectivity index (χ2n) is 7.38. The molecule has 0 saturated carbocycles. The topological polar surface area (TPSA) is 20.2 Å². The fraction of sp³-hybridized carbons (Fsp3) is 0.375. The van der Waals surface area contributed by atoms with E-state index >= 15 is 0 Å². The van der Waals surface area contributed by atoms with Gasteiger partial charge in [-0.15, -0.1) is 5.73 Å². The van der Waals surface area contributed by atoms with Gasteiger partial charge in [0, 0.05) is 0 Å². The Hall–Kier alpha value is -1.86. The Morgan fingerprint density at radius 3 is 2.08 bits per heavy atom. The van der Waals surface area contributed by atoms with E-state index in [1.165, 1.54) is 15.9 Å². The van der Waals surface area contributed by atoms with Gasteiger partial charge < -0.3 is 5.11 Å². The molecule has 2 heteroatoms. The molecule has 2 aromatic rings. The molecule has 1 unspecified atom stereocenters. The van der Waals surface area contributed by atoms with Gasteiger partial charge in [-0.1, -0.05) is 92.8 Å². The molecule has 26 heavy (non-hydrogen) atoms. The summed E-state index contributed by atoms with van der Waals surface area (Å²) in [6.45, 7) is 8.96. The van der Waals surface area contributed by atoms with E-state index in [1.807, 2.05) is 6.92 Å². The van der Waals surface area contributed by atoms with Crippen LogP contribution in [-0.2, 0) is 6.42 Å². The number of aliphatic hydroxyl groups is 1. The first kappa shape index (κ1) is 20.4. The highest BCUT2D eigenvalue weighted by molar-refractivity contribution is 6.95. The molecule has 1 atom stereocenters. The number of rotatable bonds is 8. The summed E-state index contributed by atoms with van der Waals surface area (Å²) < 4.78 is 0. The van der Waals surface area contributed by atoms with Gasteiger partial charge in [-0.25, -0.2) is 0 Å². The minimum atomic E-state index is -1.83. The number of aryl methyl sites for hydroxylation is 1. The predicted molar refractivity (Wildman–Crippen MR) is 115 cm³/mol. The largest absolute Gasteiger partial charge is 0.388 e. The second-order valence-corrected chi connectivity index (χ2v) is 11.8. The number of aliphatic hydroxyl groups excluding tert-OH is 1. The zero-order valence-corrected chi connectivity index (χ0v) is 17.6. The van der Waals surface area contributed by atoms with E-state index in [0.29, 0.717) is 0 Å². The highest BCUT2D eigenvalue weighted by Gasteiger charge is 2.28. The molecule has 2 aromatic carbocycles. The van der Waals surface area contributed by atoms with Crippen LogP contribution in [0.25, 0.3) is 0 Å². The van der Waals surface area contributed by atoms with Gasteiger partial charge in [0.25, 0.3) is 0 Å². The van der Waals surface area contributed by atoms with Crippen molar-refractivity contribution in [2.24, 2.45) is 0 Å². The van der Waals surface area contributed by atoms with Gasteiger partial charge >= 0.3 is 0 Å². The molecule has 0 saturated heterocycles. The van der Waals surface area contributed by atoms with Crippen LogP contribution in [0.4, 0.5) is 0 Å². The molecule has 0 bridgehead atoms. The Labute approximate surface area is 160 Å². The third-order valence-electron chi connectivity index (χ3n) is 5.24. The van der Waals surface area contributed by atoms with Crippen LogP contribution in [0.15, 0.2) is 77.2 Å². The summed E-state index contributed by atoms with van der Waals surface area (Å²) in [7, 11) is -1.83. The van der Waals surface area contributed by atoms with Gasteiger partial charge in [-0.2, -0.15) is 0 Å². The van der Waals surface area contributed by atoms with Crippen LogP contribution in [0.2, 0.25) is 13.1 Å². The van der Waals surface area contributed by atoms with E-state index in [0.717, 1.165) is 31.3 Å². The van der Waals surface area contributed by atoms with E-state index in [1.54, 1.807) is 0 Å². The fourth-order valence-electron chi connectivity index (χ4n) is 3.32. The summed E-state index contributed by atoms with van der Waals surface area (Å²) in [5.74, 6) is 0. The first-order valence-electron chi connectivity index (χ1n) is 9.75. The zero-order chi connectivity index (χ0) is 19.0. The van der Waals surface area contributed by atoms with E-state index in [4.69, 9.17) is 0 Å². The molecule has 0 aliphatic rings. The zero-order valence-electron chi connectivity index (χ0n) is 16.6. The molecule has 0 amide bonds. The SMILES string of the molecule is CCC(=C=C(CCc1ccccc1)[Si](C)(C)c1ccccc1)C(O)CC. The third-order valence-corrected chi connectivity index (χ3v) is 8.90. The van der Waals surface area contributed by atoms with Crippen molar-refractivity contribution in [2.75, 3.05) is 0 Å². The number of benzene rings is 2. The van der Waals surface area contributed by atoms with Gasteiger partial charge in [0.1, 0.15) is 8.07 Å². The van der Waals surface area contributed by atoms with Gasteiger partial charge in [0.05, 0.1) is 6.10 Å². The first-order valence-corrected chi connectivity index (χ1v) is 12.8. The van der Waals surface area contributed by atoms with E-state index < -0.39 is 8.07 Å². The van der Waals surface area contributed by atoms with Crippen molar-refractivity contribution in [1.82, 2.24) is 0 Å². The van der Waals surface area contributed by atoms with Crippen molar-refractivity contribution in [3.63, 3.8) is 0 Å². The highest BCUT2D eigenvalue weighted by Crippen LogP contribution is 2.22. The lowest BCUT2D eigenvalue weighted by Crippen LogP contribution is -2.43. The Morgan fingerprint density at radius 1 is 0.962 bits per heavy atom. The predicted octanol–water partition coefficient (Wildman–Crippen LogP) is 5.41. The van der Waals surface area contributed by atoms with E-state index in [-0.39, 0.29) is 6.10 Å². The first-order chi connectivity index (χ1) is 12.5. The lowest BCUT2D eigenvalue weighted by molar-refractivity contribution is 0.203. The van der Waals surface area contributed by atoms with Crippen LogP contribution in [0.5, 0.6) is 0 Å². The van der Waals surface area contributed by atoms with Crippen LogP contribution in [0, 0.1) is 0 Å². The third kappa shape index (κ3) is 5.31. The molecule has 0 aliphatic carbocycles. The highest BCUT2D eigenvalue weighted by atomic mass is 28.3. The van der Waals surface area contributed by atoms with E-state index in [9.17, 15) is 5.11 Å². The molecular formula is C24H32OSi. The van der Waals surface area contributed by atoms with Crippen LogP contribution in [0.3, 0.4) is 0 Å². The van der Waals surface area contributed by atoms with Crippen molar-refractivity contribution in [3.8, 4) is 0 Å². The van der Waals surface area contributed by atoms with E-state index in [2.05, 4.69) is 86.4 Å². The molecule has 2 rings (SSSR count). The molecule has 138 valence electrons. The summed E-state index contributed by atoms with van der Waals surface area (Å²) in [6, 6.07) is 21.5. The average molecular weight is 365 g/mol. The summed E-state index contributed by atoms with van der Waals surface area (Å²) in [5.41, 5.74) is 6.12. The number of hydrogen-bond donors (Lipinski definition) is 1. The maximum atomic E-state index is 10.4. The van der Waals surface area contributed by atoms with Crippen molar-refractivity contribution in [2.45, 2.75) is 58.7 Å². The van der Waals surface area contributed by atoms with Crippen LogP contribution < -0.4 is 5.19 Å².